The number of hydrogen-bond donors (Lipinski definition) is 2. The van der Waals surface area contributed by atoms with Crippen LogP contribution in [0.15, 0.2) is 22.7 Å². The number of nitrogens with one attached hydrogen (secondary N) is 2. The van der Waals surface area contributed by atoms with Crippen LogP contribution in [0.25, 0.3) is 0 Å². The Bertz CT molecular complexity index is 544. The highest BCUT2D eigenvalue weighted by molar-refractivity contribution is 9.10. The molecule has 1 aromatic carbocycles. The van der Waals surface area contributed by atoms with E-state index in [9.17, 15) is 9.59 Å². The van der Waals surface area contributed by atoms with Crippen molar-refractivity contribution in [3.05, 3.63) is 33.8 Å². The molecule has 1 aliphatic rings. The molecule has 0 aromatic heterocycles. The number of carbonyl (C=O) groups excluding carboxylic acids is 2. The predicted octanol–water partition coefficient (Wildman–Crippen LogP) is 1.99. The fraction of sp³-hybridized carbons (Fsp3) is 0.467. The van der Waals surface area contributed by atoms with Crippen LogP contribution in [0.3, 0.4) is 0 Å². The second-order valence-corrected chi connectivity index (χ2v) is 6.04. The highest BCUT2D eigenvalue weighted by Gasteiger charge is 2.25. The molecule has 0 heterocycles. The van der Waals surface area contributed by atoms with Crippen LogP contribution in [0, 0.1) is 0 Å². The molecule has 114 valence electrons. The molecule has 0 bridgehead atoms. The van der Waals surface area contributed by atoms with Crippen LogP contribution in [0.5, 0.6) is 0 Å². The first kappa shape index (κ1) is 16.0. The topological polar surface area (TPSA) is 67.4 Å². The van der Waals surface area contributed by atoms with E-state index in [0.29, 0.717) is 18.2 Å². The van der Waals surface area contributed by atoms with Gasteiger partial charge >= 0.3 is 5.97 Å². The zero-order chi connectivity index (χ0) is 15.4. The molecule has 2 N–H and O–H groups in total. The monoisotopic (exact) mass is 354 g/mol. The first-order valence-corrected chi connectivity index (χ1v) is 7.71. The minimum Gasteiger partial charge on any atom is -0.465 e. The second kappa shape index (κ2) is 7.04. The summed E-state index contributed by atoms with van der Waals surface area (Å²) in [4.78, 5) is 23.3. The number of carbonyl (C=O) groups is 2. The standard InChI is InChI=1S/C15H19BrN2O3/c1-9(14(19)18-12-5-6-12)17-8-11-4-3-10(7-13(11)16)15(20)21-2/h3-4,7,9,12,17H,5-6,8H2,1-2H3,(H,18,19). The van der Waals surface area contributed by atoms with Gasteiger partial charge in [-0.1, -0.05) is 22.0 Å². The maximum atomic E-state index is 11.8. The van der Waals surface area contributed by atoms with E-state index in [1.165, 1.54) is 7.11 Å². The first-order chi connectivity index (χ1) is 10.0. The third kappa shape index (κ3) is 4.54. The molecule has 5 nitrogen and oxygen atoms in total. The lowest BCUT2D eigenvalue weighted by Crippen LogP contribution is -2.42. The van der Waals surface area contributed by atoms with Crippen LogP contribution in [0.1, 0.15) is 35.7 Å². The summed E-state index contributed by atoms with van der Waals surface area (Å²) in [5.41, 5.74) is 1.47. The fourth-order valence-corrected chi connectivity index (χ4v) is 2.36. The van der Waals surface area contributed by atoms with Gasteiger partial charge in [0.25, 0.3) is 0 Å². The van der Waals surface area contributed by atoms with Crippen molar-refractivity contribution in [1.82, 2.24) is 10.6 Å². The van der Waals surface area contributed by atoms with Crippen molar-refractivity contribution in [3.63, 3.8) is 0 Å². The molecule has 0 saturated heterocycles. The van der Waals surface area contributed by atoms with E-state index < -0.39 is 0 Å². The third-order valence-electron chi connectivity index (χ3n) is 3.39. The molecular weight excluding hydrogens is 336 g/mol. The maximum absolute atomic E-state index is 11.8. The molecular formula is C15H19BrN2O3. The van der Waals surface area contributed by atoms with Crippen molar-refractivity contribution in [2.75, 3.05) is 7.11 Å². The van der Waals surface area contributed by atoms with Gasteiger partial charge in [0.2, 0.25) is 5.91 Å². The van der Waals surface area contributed by atoms with E-state index in [2.05, 4.69) is 31.3 Å². The Morgan fingerprint density at radius 1 is 1.43 bits per heavy atom. The van der Waals surface area contributed by atoms with Gasteiger partial charge < -0.3 is 15.4 Å². The minimum atomic E-state index is -0.368. The van der Waals surface area contributed by atoms with Crippen LogP contribution in [0.2, 0.25) is 0 Å². The Labute approximate surface area is 132 Å². The van der Waals surface area contributed by atoms with Crippen molar-refractivity contribution in [2.45, 2.75) is 38.4 Å². The van der Waals surface area contributed by atoms with Gasteiger partial charge in [0.05, 0.1) is 18.7 Å². The van der Waals surface area contributed by atoms with Gasteiger partial charge in [0.15, 0.2) is 0 Å². The van der Waals surface area contributed by atoms with Crippen molar-refractivity contribution in [1.29, 1.82) is 0 Å². The summed E-state index contributed by atoms with van der Waals surface area (Å²) >= 11 is 3.43. The van der Waals surface area contributed by atoms with Gasteiger partial charge in [0, 0.05) is 17.1 Å². The summed E-state index contributed by atoms with van der Waals surface area (Å²) in [6, 6.07) is 5.39. The number of benzene rings is 1. The first-order valence-electron chi connectivity index (χ1n) is 6.91. The number of halogens is 1. The molecule has 0 aliphatic heterocycles. The summed E-state index contributed by atoms with van der Waals surface area (Å²) < 4.78 is 5.49. The average molecular weight is 355 g/mol. The van der Waals surface area contributed by atoms with Gasteiger partial charge in [-0.2, -0.15) is 0 Å². The van der Waals surface area contributed by atoms with Crippen molar-refractivity contribution >= 4 is 27.8 Å². The highest BCUT2D eigenvalue weighted by atomic mass is 79.9. The minimum absolute atomic E-state index is 0.0276. The van der Waals surface area contributed by atoms with Crippen LogP contribution in [0.4, 0.5) is 0 Å². The summed E-state index contributed by atoms with van der Waals surface area (Å²) in [6.07, 6.45) is 2.16. The molecule has 0 radical (unpaired) electrons. The fourth-order valence-electron chi connectivity index (χ4n) is 1.85. The predicted molar refractivity (Wildman–Crippen MR) is 82.9 cm³/mol. The number of ether oxygens (including phenoxy) is 1. The Hall–Kier alpha value is -1.40. The molecule has 1 aromatic rings. The van der Waals surface area contributed by atoms with E-state index in [4.69, 9.17) is 0 Å². The van der Waals surface area contributed by atoms with Crippen LogP contribution >= 0.6 is 15.9 Å². The highest BCUT2D eigenvalue weighted by Crippen LogP contribution is 2.20. The SMILES string of the molecule is COC(=O)c1ccc(CNC(C)C(=O)NC2CC2)c(Br)c1. The number of rotatable bonds is 6. The largest absolute Gasteiger partial charge is 0.465 e. The molecule has 2 rings (SSSR count). The van der Waals surface area contributed by atoms with E-state index >= 15 is 0 Å². The Morgan fingerprint density at radius 2 is 2.14 bits per heavy atom. The summed E-state index contributed by atoms with van der Waals surface area (Å²) in [5, 5.41) is 6.14. The van der Waals surface area contributed by atoms with Crippen LogP contribution in [-0.4, -0.2) is 31.1 Å². The van der Waals surface area contributed by atoms with Crippen molar-refractivity contribution in [2.24, 2.45) is 0 Å². The number of amides is 1. The lowest BCUT2D eigenvalue weighted by Gasteiger charge is -2.14. The summed E-state index contributed by atoms with van der Waals surface area (Å²) in [6.45, 7) is 2.38. The smallest absolute Gasteiger partial charge is 0.337 e. The molecule has 6 heteroatoms. The van der Waals surface area contributed by atoms with Gasteiger partial charge in [0.1, 0.15) is 0 Å². The maximum Gasteiger partial charge on any atom is 0.337 e. The normalized spacial score (nSPS) is 15.4. The van der Waals surface area contributed by atoms with Gasteiger partial charge in [-0.05, 0) is 37.5 Å². The molecule has 1 amide bonds. The number of methoxy groups -OCH3 is 1. The lowest BCUT2D eigenvalue weighted by atomic mass is 10.1. The summed E-state index contributed by atoms with van der Waals surface area (Å²) in [5.74, 6) is -0.341. The van der Waals surface area contributed by atoms with Gasteiger partial charge in [-0.25, -0.2) is 4.79 Å². The average Bonchev–Trinajstić information content (AvgIpc) is 3.28. The Morgan fingerprint density at radius 3 is 2.71 bits per heavy atom. The second-order valence-electron chi connectivity index (χ2n) is 5.18. The lowest BCUT2D eigenvalue weighted by molar-refractivity contribution is -0.122. The van der Waals surface area contributed by atoms with Crippen LogP contribution < -0.4 is 10.6 Å². The van der Waals surface area contributed by atoms with E-state index in [-0.39, 0.29) is 17.9 Å². The third-order valence-corrected chi connectivity index (χ3v) is 4.13. The molecule has 1 aliphatic carbocycles. The number of esters is 1. The number of hydrogen-bond acceptors (Lipinski definition) is 4. The van der Waals surface area contributed by atoms with Crippen LogP contribution in [-0.2, 0) is 16.1 Å². The van der Waals surface area contributed by atoms with E-state index in [1.807, 2.05) is 13.0 Å². The van der Waals surface area contributed by atoms with E-state index in [1.54, 1.807) is 12.1 Å². The zero-order valence-electron chi connectivity index (χ0n) is 12.1. The van der Waals surface area contributed by atoms with Crippen molar-refractivity contribution in [3.8, 4) is 0 Å². The van der Waals surface area contributed by atoms with Gasteiger partial charge in [-0.15, -0.1) is 0 Å². The molecule has 0 spiro atoms. The molecule has 1 saturated carbocycles. The van der Waals surface area contributed by atoms with Crippen molar-refractivity contribution < 1.29 is 14.3 Å². The molecule has 21 heavy (non-hydrogen) atoms. The Kier molecular flexibility index (Phi) is 5.36. The summed E-state index contributed by atoms with van der Waals surface area (Å²) in [7, 11) is 1.35. The van der Waals surface area contributed by atoms with E-state index in [0.717, 1.165) is 22.9 Å². The molecule has 1 atom stereocenters. The van der Waals surface area contributed by atoms with Gasteiger partial charge in [-0.3, -0.25) is 4.79 Å². The zero-order valence-corrected chi connectivity index (χ0v) is 13.7. The quantitative estimate of drug-likeness (QED) is 0.766. The molecule has 1 fully saturated rings. The molecule has 1 unspecified atom stereocenters. The Balaban J connectivity index is 1.90.